The van der Waals surface area contributed by atoms with Gasteiger partial charge in [0.1, 0.15) is 17.5 Å². The molecule has 0 aliphatic heterocycles. The normalized spacial score (nSPS) is 10.0. The Labute approximate surface area is 145 Å². The van der Waals surface area contributed by atoms with Crippen molar-refractivity contribution in [2.24, 2.45) is 4.99 Å². The van der Waals surface area contributed by atoms with E-state index in [2.05, 4.69) is 16.2 Å². The summed E-state index contributed by atoms with van der Waals surface area (Å²) in [6.45, 7) is 2.01. The van der Waals surface area contributed by atoms with Gasteiger partial charge in [0.2, 0.25) is 0 Å². The first kappa shape index (κ1) is 15.7. The second kappa shape index (κ2) is 6.51. The predicted molar refractivity (Wildman–Crippen MR) is 99.8 cm³/mol. The molecule has 4 nitrogen and oxygen atoms in total. The molecule has 0 saturated heterocycles. The van der Waals surface area contributed by atoms with Crippen molar-refractivity contribution in [1.82, 2.24) is 4.57 Å². The zero-order valence-corrected chi connectivity index (χ0v) is 13.8. The predicted octanol–water partition coefficient (Wildman–Crippen LogP) is 4.64. The van der Waals surface area contributed by atoms with Crippen LogP contribution in [0.3, 0.4) is 0 Å². The van der Waals surface area contributed by atoms with Crippen LogP contribution >= 0.6 is 12.2 Å². The Morgan fingerprint density at radius 1 is 1.08 bits per heavy atom. The minimum Gasteiger partial charge on any atom is -0.384 e. The molecule has 116 valence electrons. The van der Waals surface area contributed by atoms with E-state index >= 15 is 0 Å². The van der Waals surface area contributed by atoms with Crippen LogP contribution in [0.2, 0.25) is 0 Å². The number of isothiocyanates is 1. The Balaban J connectivity index is 2.39. The van der Waals surface area contributed by atoms with Gasteiger partial charge in [0.15, 0.2) is 5.82 Å². The molecule has 0 spiro atoms. The number of nitrogen functional groups attached to an aromatic ring is 1. The monoisotopic (exact) mass is 330 g/mol. The molecule has 0 atom stereocenters. The summed E-state index contributed by atoms with van der Waals surface area (Å²) in [5.74, 6) is 0.846. The number of aliphatic imine (C=N–C) groups is 1. The van der Waals surface area contributed by atoms with Crippen molar-refractivity contribution in [2.45, 2.75) is 6.92 Å². The Morgan fingerprint density at radius 2 is 1.75 bits per heavy atom. The smallest absolute Gasteiger partial charge is 0.158 e. The zero-order valence-electron chi connectivity index (χ0n) is 13.0. The summed E-state index contributed by atoms with van der Waals surface area (Å²) in [5.41, 5.74) is 10.1. The Bertz CT molecular complexity index is 973. The minimum atomic E-state index is 0.337. The van der Waals surface area contributed by atoms with E-state index in [1.165, 1.54) is 0 Å². The molecule has 0 fully saturated rings. The molecule has 3 aromatic rings. The van der Waals surface area contributed by atoms with E-state index in [-0.39, 0.29) is 0 Å². The molecular weight excluding hydrogens is 316 g/mol. The lowest BCUT2D eigenvalue weighted by atomic mass is 10.0. The third-order valence-electron chi connectivity index (χ3n) is 3.80. The van der Waals surface area contributed by atoms with E-state index in [4.69, 9.17) is 18.0 Å². The summed E-state index contributed by atoms with van der Waals surface area (Å²) in [7, 11) is 0. The van der Waals surface area contributed by atoms with Gasteiger partial charge in [-0.3, -0.25) is 4.57 Å². The molecule has 0 radical (unpaired) electrons. The summed E-state index contributed by atoms with van der Waals surface area (Å²) in [5, 5.41) is 12.0. The Morgan fingerprint density at radius 3 is 2.33 bits per heavy atom. The van der Waals surface area contributed by atoms with Gasteiger partial charge in [-0.2, -0.15) is 10.3 Å². The van der Waals surface area contributed by atoms with Crippen LogP contribution in [0.1, 0.15) is 11.1 Å². The highest BCUT2D eigenvalue weighted by molar-refractivity contribution is 7.78. The molecule has 1 aromatic heterocycles. The fourth-order valence-corrected chi connectivity index (χ4v) is 2.76. The van der Waals surface area contributed by atoms with Gasteiger partial charge in [-0.25, -0.2) is 0 Å². The van der Waals surface area contributed by atoms with E-state index in [1.807, 2.05) is 61.5 Å². The molecule has 0 aliphatic carbocycles. The van der Waals surface area contributed by atoms with Gasteiger partial charge in [0.25, 0.3) is 0 Å². The number of nitrogens with zero attached hydrogens (tertiary/aromatic N) is 3. The van der Waals surface area contributed by atoms with Gasteiger partial charge in [-0.15, -0.1) is 0 Å². The number of nitrogens with two attached hydrogens (primary N) is 1. The quantitative estimate of drug-likeness (QED) is 0.562. The topological polar surface area (TPSA) is 67.1 Å². The summed E-state index contributed by atoms with van der Waals surface area (Å²) < 4.78 is 1.74. The number of nitriles is 1. The maximum atomic E-state index is 9.63. The first-order chi connectivity index (χ1) is 11.7. The standard InChI is InChI=1S/C19H14N4S/c1-13-7-9-15(10-8-13)23-18(21)16(11-20)17(19(23)22-12-24)14-5-3-2-4-6-14/h2-10H,21H2,1H3. The van der Waals surface area contributed by atoms with Crippen LogP contribution in [0.5, 0.6) is 0 Å². The zero-order chi connectivity index (χ0) is 17.1. The number of hydrogen-bond donors (Lipinski definition) is 1. The van der Waals surface area contributed by atoms with Crippen molar-refractivity contribution in [3.05, 3.63) is 65.7 Å². The van der Waals surface area contributed by atoms with Crippen LogP contribution in [-0.4, -0.2) is 9.73 Å². The van der Waals surface area contributed by atoms with Crippen LogP contribution < -0.4 is 5.73 Å². The second-order valence-corrected chi connectivity index (χ2v) is 5.49. The highest BCUT2D eigenvalue weighted by atomic mass is 32.1. The SMILES string of the molecule is Cc1ccc(-n2c(N)c(C#N)c(-c3ccccc3)c2N=C=S)cc1. The average molecular weight is 330 g/mol. The lowest BCUT2D eigenvalue weighted by molar-refractivity contribution is 1.08. The fourth-order valence-electron chi connectivity index (χ4n) is 2.67. The maximum absolute atomic E-state index is 9.63. The second-order valence-electron chi connectivity index (χ2n) is 5.31. The van der Waals surface area contributed by atoms with Gasteiger partial charge in [0.05, 0.1) is 5.16 Å². The number of aromatic nitrogens is 1. The van der Waals surface area contributed by atoms with Crippen molar-refractivity contribution < 1.29 is 0 Å². The molecule has 0 aliphatic rings. The minimum absolute atomic E-state index is 0.337. The maximum Gasteiger partial charge on any atom is 0.158 e. The summed E-state index contributed by atoms with van der Waals surface area (Å²) in [6, 6.07) is 19.6. The number of benzene rings is 2. The fraction of sp³-hybridized carbons (Fsp3) is 0.0526. The number of hydrogen-bond acceptors (Lipinski definition) is 4. The van der Waals surface area contributed by atoms with Crippen molar-refractivity contribution in [1.29, 1.82) is 5.26 Å². The van der Waals surface area contributed by atoms with E-state index in [0.717, 1.165) is 16.8 Å². The van der Waals surface area contributed by atoms with Crippen LogP contribution in [0.15, 0.2) is 59.6 Å². The van der Waals surface area contributed by atoms with E-state index in [1.54, 1.807) is 4.57 Å². The largest absolute Gasteiger partial charge is 0.384 e. The third kappa shape index (κ3) is 2.61. The molecule has 5 heteroatoms. The molecule has 0 bridgehead atoms. The van der Waals surface area contributed by atoms with Gasteiger partial charge < -0.3 is 5.73 Å². The molecule has 3 rings (SSSR count). The number of rotatable bonds is 3. The number of aryl methyl sites for hydroxylation is 1. The first-order valence-electron chi connectivity index (χ1n) is 7.32. The molecule has 2 aromatic carbocycles. The van der Waals surface area contributed by atoms with Crippen molar-refractivity contribution in [3.63, 3.8) is 0 Å². The molecular formula is C19H14N4S. The van der Waals surface area contributed by atoms with Crippen molar-refractivity contribution in [3.8, 4) is 22.9 Å². The molecule has 0 saturated carbocycles. The van der Waals surface area contributed by atoms with Crippen LogP contribution in [0.4, 0.5) is 11.6 Å². The van der Waals surface area contributed by atoms with Gasteiger partial charge in [-0.1, -0.05) is 48.0 Å². The molecule has 0 unspecified atom stereocenters. The van der Waals surface area contributed by atoms with E-state index in [0.29, 0.717) is 22.8 Å². The van der Waals surface area contributed by atoms with Crippen LogP contribution in [0.25, 0.3) is 16.8 Å². The van der Waals surface area contributed by atoms with E-state index < -0.39 is 0 Å². The van der Waals surface area contributed by atoms with Gasteiger partial charge in [-0.05, 0) is 36.8 Å². The van der Waals surface area contributed by atoms with Crippen LogP contribution in [-0.2, 0) is 0 Å². The summed E-state index contributed by atoms with van der Waals surface area (Å²) >= 11 is 4.81. The van der Waals surface area contributed by atoms with Crippen molar-refractivity contribution in [2.75, 3.05) is 5.73 Å². The average Bonchev–Trinajstić information content (AvgIpc) is 2.88. The van der Waals surface area contributed by atoms with Crippen molar-refractivity contribution >= 4 is 29.0 Å². The molecule has 0 amide bonds. The first-order valence-corrected chi connectivity index (χ1v) is 7.72. The van der Waals surface area contributed by atoms with Crippen LogP contribution in [0, 0.1) is 18.3 Å². The highest BCUT2D eigenvalue weighted by Gasteiger charge is 2.23. The molecule has 1 heterocycles. The van der Waals surface area contributed by atoms with Gasteiger partial charge in [0, 0.05) is 11.3 Å². The Kier molecular flexibility index (Phi) is 4.26. The highest BCUT2D eigenvalue weighted by Crippen LogP contribution is 2.41. The summed E-state index contributed by atoms with van der Waals surface area (Å²) in [6.07, 6.45) is 0. The number of anilines is 1. The lowest BCUT2D eigenvalue weighted by Gasteiger charge is -2.09. The molecule has 2 N–H and O–H groups in total. The van der Waals surface area contributed by atoms with Gasteiger partial charge >= 0.3 is 0 Å². The summed E-state index contributed by atoms with van der Waals surface area (Å²) in [4.78, 5) is 4.21. The lowest BCUT2D eigenvalue weighted by Crippen LogP contribution is -2.00. The molecule has 24 heavy (non-hydrogen) atoms. The van der Waals surface area contributed by atoms with E-state index in [9.17, 15) is 5.26 Å². The number of thiocarbonyl (C=S) groups is 1. The Hall–Kier alpha value is -3.19. The third-order valence-corrected chi connectivity index (χ3v) is 3.89.